The lowest BCUT2D eigenvalue weighted by molar-refractivity contribution is -0.117. The zero-order chi connectivity index (χ0) is 24.9. The first-order valence-electron chi connectivity index (χ1n) is 13.4. The molecule has 8 heteroatoms. The van der Waals surface area contributed by atoms with Crippen LogP contribution in [0, 0.1) is 17.8 Å². The number of amides is 1. The Morgan fingerprint density at radius 2 is 1.92 bits per heavy atom. The number of anilines is 1. The number of aromatic nitrogens is 1. The second-order valence-electron chi connectivity index (χ2n) is 11.3. The lowest BCUT2D eigenvalue weighted by atomic mass is 9.85. The van der Waals surface area contributed by atoms with Crippen LogP contribution >= 0.6 is 11.6 Å². The molecule has 36 heavy (non-hydrogen) atoms. The van der Waals surface area contributed by atoms with Crippen molar-refractivity contribution in [1.29, 1.82) is 0 Å². The number of carbonyl (C=O) groups excluding carboxylic acids is 1. The van der Waals surface area contributed by atoms with Gasteiger partial charge in [-0.15, -0.1) is 0 Å². The number of nitrogens with one attached hydrogen (secondary N) is 1. The Bertz CT molecular complexity index is 1130. The topological polar surface area (TPSA) is 63.7 Å². The summed E-state index contributed by atoms with van der Waals surface area (Å²) < 4.78 is 25.4. The fourth-order valence-corrected chi connectivity index (χ4v) is 6.92. The Labute approximate surface area is 216 Å². The van der Waals surface area contributed by atoms with Gasteiger partial charge in [0, 0.05) is 35.7 Å². The van der Waals surface area contributed by atoms with Crippen LogP contribution in [0.1, 0.15) is 50.5 Å². The number of hydrogen-bond acceptors (Lipinski definition) is 5. The van der Waals surface area contributed by atoms with Crippen LogP contribution in [0.25, 0.3) is 10.8 Å². The summed E-state index contributed by atoms with van der Waals surface area (Å²) in [5.74, 6) is 2.17. The van der Waals surface area contributed by atoms with Gasteiger partial charge in [-0.2, -0.15) is 0 Å². The number of pyridine rings is 1. The number of nitrogens with zero attached hydrogens (tertiary/aromatic N) is 2. The minimum Gasteiger partial charge on any atom is -0.381 e. The number of benzene rings is 1. The number of alkyl halides is 1. The van der Waals surface area contributed by atoms with E-state index in [2.05, 4.69) is 21.3 Å². The molecule has 0 bridgehead atoms. The summed E-state index contributed by atoms with van der Waals surface area (Å²) in [4.78, 5) is 19.6. The van der Waals surface area contributed by atoms with Crippen molar-refractivity contribution in [3.05, 3.63) is 35.0 Å². The van der Waals surface area contributed by atoms with Crippen molar-refractivity contribution in [1.82, 2.24) is 9.88 Å². The van der Waals surface area contributed by atoms with Crippen molar-refractivity contribution in [2.75, 3.05) is 44.8 Å². The highest BCUT2D eigenvalue weighted by atomic mass is 35.5. The average molecular weight is 516 g/mol. The van der Waals surface area contributed by atoms with Crippen molar-refractivity contribution in [3.63, 3.8) is 0 Å². The first-order chi connectivity index (χ1) is 17.4. The summed E-state index contributed by atoms with van der Waals surface area (Å²) in [6.07, 6.45) is 5.79. The van der Waals surface area contributed by atoms with Crippen LogP contribution in [0.3, 0.4) is 0 Å². The molecule has 6 nitrogen and oxygen atoms in total. The quantitative estimate of drug-likeness (QED) is 0.593. The van der Waals surface area contributed by atoms with Crippen LogP contribution < -0.4 is 5.32 Å². The van der Waals surface area contributed by atoms with Crippen molar-refractivity contribution in [3.8, 4) is 0 Å². The second kappa shape index (κ2) is 9.82. The van der Waals surface area contributed by atoms with E-state index in [1.54, 1.807) is 6.20 Å². The van der Waals surface area contributed by atoms with E-state index in [0.717, 1.165) is 79.8 Å². The number of hydrogen-bond donors (Lipinski definition) is 1. The molecule has 194 valence electrons. The standard InChI is InChI=1S/C28H35ClFN3O3/c1-28(16-36-15-25(28)30)33-6-2-17(3-7-33)22-10-19-12-26(31-14-20(19)11-24(22)29)32-27(34)23-13-21(23)18-4-8-35-9-5-18/h10-12,14,17-18,21,23,25H,2-9,13,15-16H2,1H3,(H,31,32,34)/t21-,23-,25+,28-/m1/s1. The molecule has 1 aromatic carbocycles. The molecule has 4 fully saturated rings. The molecule has 6 rings (SSSR count). The van der Waals surface area contributed by atoms with Gasteiger partial charge in [0.2, 0.25) is 5.91 Å². The zero-order valence-corrected chi connectivity index (χ0v) is 21.6. The van der Waals surface area contributed by atoms with Gasteiger partial charge < -0.3 is 14.8 Å². The van der Waals surface area contributed by atoms with Crippen molar-refractivity contribution >= 4 is 34.1 Å². The van der Waals surface area contributed by atoms with E-state index in [0.29, 0.717) is 30.2 Å². The Morgan fingerprint density at radius 1 is 1.14 bits per heavy atom. The van der Waals surface area contributed by atoms with Gasteiger partial charge >= 0.3 is 0 Å². The van der Waals surface area contributed by atoms with Crippen LogP contribution in [0.4, 0.5) is 10.2 Å². The monoisotopic (exact) mass is 515 g/mol. The Hall–Kier alpha value is -1.80. The maximum absolute atomic E-state index is 14.5. The minimum absolute atomic E-state index is 0.0791. The van der Waals surface area contributed by atoms with E-state index in [-0.39, 0.29) is 18.4 Å². The highest BCUT2D eigenvalue weighted by Crippen LogP contribution is 2.48. The Balaban J connectivity index is 1.13. The van der Waals surface area contributed by atoms with Crippen LogP contribution in [0.5, 0.6) is 0 Å². The van der Waals surface area contributed by atoms with Gasteiger partial charge in [-0.25, -0.2) is 9.37 Å². The average Bonchev–Trinajstić information content (AvgIpc) is 3.63. The smallest absolute Gasteiger partial charge is 0.228 e. The SMILES string of the molecule is C[C@@]1(N2CCC(c3cc4cc(NC(=O)[C@@H]5C[C@@H]5C5CCOCC5)ncc4cc3Cl)CC2)COC[C@@H]1F. The molecule has 3 saturated heterocycles. The molecule has 4 heterocycles. The lowest BCUT2D eigenvalue weighted by Gasteiger charge is -2.43. The molecule has 0 unspecified atom stereocenters. The lowest BCUT2D eigenvalue weighted by Crippen LogP contribution is -2.55. The van der Waals surface area contributed by atoms with Crippen LogP contribution in [-0.4, -0.2) is 67.0 Å². The fraction of sp³-hybridized carbons (Fsp3) is 0.643. The molecule has 1 aromatic heterocycles. The predicted octanol–water partition coefficient (Wildman–Crippen LogP) is 5.20. The molecule has 1 N–H and O–H groups in total. The molecular formula is C28H35ClFN3O3. The van der Waals surface area contributed by atoms with Crippen LogP contribution in [0.15, 0.2) is 24.4 Å². The summed E-state index contributed by atoms with van der Waals surface area (Å²) in [5, 5.41) is 5.79. The number of halogens is 2. The summed E-state index contributed by atoms with van der Waals surface area (Å²) in [6, 6.07) is 6.08. The number of fused-ring (bicyclic) bond motifs is 1. The second-order valence-corrected chi connectivity index (χ2v) is 11.7. The molecular weight excluding hydrogens is 481 g/mol. The summed E-state index contributed by atoms with van der Waals surface area (Å²) in [7, 11) is 0. The molecule has 4 atom stereocenters. The fourth-order valence-electron chi connectivity index (χ4n) is 6.59. The third-order valence-electron chi connectivity index (χ3n) is 9.13. The van der Waals surface area contributed by atoms with Crippen LogP contribution in [-0.2, 0) is 14.3 Å². The summed E-state index contributed by atoms with van der Waals surface area (Å²) >= 11 is 6.71. The molecule has 3 aliphatic heterocycles. The van der Waals surface area contributed by atoms with Gasteiger partial charge in [-0.3, -0.25) is 9.69 Å². The van der Waals surface area contributed by atoms with E-state index in [1.165, 1.54) is 0 Å². The van der Waals surface area contributed by atoms with Crippen molar-refractivity contribution < 1.29 is 18.7 Å². The largest absolute Gasteiger partial charge is 0.381 e. The highest BCUT2D eigenvalue weighted by molar-refractivity contribution is 6.32. The minimum atomic E-state index is -0.943. The van der Waals surface area contributed by atoms with Gasteiger partial charge in [0.1, 0.15) is 12.0 Å². The van der Waals surface area contributed by atoms with E-state index in [9.17, 15) is 9.18 Å². The predicted molar refractivity (Wildman–Crippen MR) is 138 cm³/mol. The van der Waals surface area contributed by atoms with E-state index in [4.69, 9.17) is 21.1 Å². The first kappa shape index (κ1) is 24.5. The van der Waals surface area contributed by atoms with Crippen LogP contribution in [0.2, 0.25) is 5.02 Å². The number of rotatable bonds is 5. The third-order valence-corrected chi connectivity index (χ3v) is 9.45. The maximum atomic E-state index is 14.5. The van der Waals surface area contributed by atoms with Gasteiger partial charge in [0.15, 0.2) is 0 Å². The van der Waals surface area contributed by atoms with E-state index in [1.807, 2.05) is 19.1 Å². The summed E-state index contributed by atoms with van der Waals surface area (Å²) in [5.41, 5.74) is 0.598. The Morgan fingerprint density at radius 3 is 2.64 bits per heavy atom. The molecule has 1 saturated carbocycles. The van der Waals surface area contributed by atoms with Gasteiger partial charge in [0.05, 0.1) is 18.8 Å². The number of likely N-dealkylation sites (tertiary alicyclic amines) is 1. The van der Waals surface area contributed by atoms with Crippen molar-refractivity contribution in [2.24, 2.45) is 17.8 Å². The third kappa shape index (κ3) is 4.64. The highest BCUT2D eigenvalue weighted by Gasteiger charge is 2.48. The number of ether oxygens (including phenoxy) is 2. The Kier molecular flexibility index (Phi) is 6.69. The normalized spacial score (nSPS) is 32.1. The number of piperidine rings is 1. The first-order valence-corrected chi connectivity index (χ1v) is 13.7. The maximum Gasteiger partial charge on any atom is 0.228 e. The van der Waals surface area contributed by atoms with Gasteiger partial charge in [-0.1, -0.05) is 11.6 Å². The molecule has 0 spiro atoms. The van der Waals surface area contributed by atoms with Gasteiger partial charge in [-0.05, 0) is 99.0 Å². The van der Waals surface area contributed by atoms with Crippen molar-refractivity contribution in [2.45, 2.75) is 56.7 Å². The zero-order valence-electron chi connectivity index (χ0n) is 20.8. The van der Waals surface area contributed by atoms with E-state index >= 15 is 0 Å². The number of carbonyl (C=O) groups is 1. The summed E-state index contributed by atoms with van der Waals surface area (Å²) in [6.45, 7) is 5.90. The molecule has 4 aliphatic rings. The molecule has 1 aliphatic carbocycles. The van der Waals surface area contributed by atoms with E-state index < -0.39 is 11.7 Å². The molecule has 1 amide bonds. The van der Waals surface area contributed by atoms with Gasteiger partial charge in [0.25, 0.3) is 0 Å². The molecule has 2 aromatic rings. The molecule has 0 radical (unpaired) electrons.